The molecule has 1 aromatic carbocycles. The van der Waals surface area contributed by atoms with E-state index in [1.807, 2.05) is 60.0 Å². The summed E-state index contributed by atoms with van der Waals surface area (Å²) in [5.74, 6) is 0.906. The van der Waals surface area contributed by atoms with E-state index >= 15 is 0 Å². The lowest BCUT2D eigenvalue weighted by Gasteiger charge is -2.36. The van der Waals surface area contributed by atoms with Crippen LogP contribution in [0, 0.1) is 6.92 Å². The fourth-order valence-corrected chi connectivity index (χ4v) is 3.45. The molecule has 6 nitrogen and oxygen atoms in total. The van der Waals surface area contributed by atoms with Gasteiger partial charge in [0.1, 0.15) is 11.9 Å². The molecule has 1 amide bonds. The Morgan fingerprint density at radius 2 is 2.04 bits per heavy atom. The summed E-state index contributed by atoms with van der Waals surface area (Å²) >= 11 is 0. The Balaban J connectivity index is 0.00000131. The van der Waals surface area contributed by atoms with Crippen molar-refractivity contribution in [3.8, 4) is 0 Å². The summed E-state index contributed by atoms with van der Waals surface area (Å²) in [6.45, 7) is 4.08. The van der Waals surface area contributed by atoms with Crippen LogP contribution in [0.5, 0.6) is 0 Å². The number of benzene rings is 1. The van der Waals surface area contributed by atoms with E-state index in [1.165, 1.54) is 0 Å². The highest BCUT2D eigenvalue weighted by atomic mass is 35.5. The molecule has 0 saturated carbocycles. The number of aromatic nitrogens is 3. The number of aryl methyl sites for hydroxylation is 2. The van der Waals surface area contributed by atoms with Crippen molar-refractivity contribution in [3.63, 3.8) is 0 Å². The molecule has 1 atom stereocenters. The van der Waals surface area contributed by atoms with Crippen molar-refractivity contribution in [2.45, 2.75) is 13.0 Å². The molecule has 1 aliphatic rings. The van der Waals surface area contributed by atoms with Crippen LogP contribution in [-0.2, 0) is 7.05 Å². The van der Waals surface area contributed by atoms with Crippen molar-refractivity contribution in [1.82, 2.24) is 24.8 Å². The van der Waals surface area contributed by atoms with Crippen molar-refractivity contribution < 1.29 is 4.79 Å². The van der Waals surface area contributed by atoms with Gasteiger partial charge < -0.3 is 14.8 Å². The number of fused-ring (bicyclic) bond motifs is 1. The normalized spacial score (nSPS) is 16.5. The van der Waals surface area contributed by atoms with Crippen LogP contribution in [0.2, 0.25) is 0 Å². The molecule has 0 spiro atoms. The number of nitrogens with one attached hydrogen (secondary N) is 1. The van der Waals surface area contributed by atoms with Gasteiger partial charge in [0.25, 0.3) is 5.91 Å². The molecule has 0 radical (unpaired) electrons. The number of hydrogen-bond acceptors (Lipinski definition) is 4. The maximum atomic E-state index is 13.4. The van der Waals surface area contributed by atoms with Crippen molar-refractivity contribution in [2.75, 3.05) is 19.6 Å². The lowest BCUT2D eigenvalue weighted by atomic mass is 10.1. The minimum atomic E-state index is -0.0821. The lowest BCUT2D eigenvalue weighted by molar-refractivity contribution is 0.0622. The van der Waals surface area contributed by atoms with Crippen molar-refractivity contribution in [1.29, 1.82) is 0 Å². The van der Waals surface area contributed by atoms with Crippen molar-refractivity contribution in [3.05, 3.63) is 59.8 Å². The van der Waals surface area contributed by atoms with E-state index in [0.717, 1.165) is 29.0 Å². The molecule has 1 saturated heterocycles. The van der Waals surface area contributed by atoms with E-state index in [1.54, 1.807) is 6.20 Å². The van der Waals surface area contributed by atoms with Crippen LogP contribution < -0.4 is 5.32 Å². The van der Waals surface area contributed by atoms with Crippen LogP contribution >= 0.6 is 24.8 Å². The van der Waals surface area contributed by atoms with Crippen LogP contribution in [0.15, 0.2) is 42.7 Å². The molecule has 8 heteroatoms. The summed E-state index contributed by atoms with van der Waals surface area (Å²) in [7, 11) is 1.96. The number of pyridine rings is 1. The molecule has 4 rings (SSSR count). The molecule has 1 unspecified atom stereocenters. The van der Waals surface area contributed by atoms with Crippen molar-refractivity contribution >= 4 is 41.6 Å². The number of imidazole rings is 1. The summed E-state index contributed by atoms with van der Waals surface area (Å²) in [6.07, 6.45) is 3.69. The van der Waals surface area contributed by atoms with Gasteiger partial charge in [-0.15, -0.1) is 24.8 Å². The number of para-hydroxylation sites is 1. The summed E-state index contributed by atoms with van der Waals surface area (Å²) in [4.78, 5) is 24.3. The predicted octanol–water partition coefficient (Wildman–Crippen LogP) is 2.91. The van der Waals surface area contributed by atoms with E-state index in [2.05, 4.69) is 15.3 Å². The Morgan fingerprint density at radius 3 is 2.78 bits per heavy atom. The molecule has 27 heavy (non-hydrogen) atoms. The molecule has 144 valence electrons. The average molecular weight is 408 g/mol. The SMILES string of the molecule is Cc1ccc2cccc(C(=O)N3CCNCC3c3nccn3C)c2n1.Cl.Cl. The number of rotatable bonds is 2. The minimum absolute atomic E-state index is 0. The fraction of sp³-hybridized carbons (Fsp3) is 0.316. The van der Waals surface area contributed by atoms with Gasteiger partial charge >= 0.3 is 0 Å². The molecular formula is C19H23Cl2N5O. The number of amides is 1. The van der Waals surface area contributed by atoms with Crippen LogP contribution in [0.25, 0.3) is 10.9 Å². The van der Waals surface area contributed by atoms with Gasteiger partial charge in [-0.1, -0.05) is 18.2 Å². The Morgan fingerprint density at radius 1 is 1.22 bits per heavy atom. The predicted molar refractivity (Wildman–Crippen MR) is 111 cm³/mol. The standard InChI is InChI=1S/C19H21N5O.2ClH/c1-13-6-7-14-4-3-5-15(17(14)22-13)19(25)24-11-8-20-12-16(24)18-21-9-10-23(18)2;;/h3-7,9-10,16,20H,8,11-12H2,1-2H3;2*1H. The summed E-state index contributed by atoms with van der Waals surface area (Å²) in [6, 6.07) is 9.69. The Bertz CT molecular complexity index is 943. The van der Waals surface area contributed by atoms with Gasteiger partial charge in [0.2, 0.25) is 0 Å². The molecule has 0 bridgehead atoms. The lowest BCUT2D eigenvalue weighted by Crippen LogP contribution is -2.49. The highest BCUT2D eigenvalue weighted by Gasteiger charge is 2.31. The first kappa shape index (κ1) is 21.2. The molecule has 1 fully saturated rings. The largest absolute Gasteiger partial charge is 0.336 e. The summed E-state index contributed by atoms with van der Waals surface area (Å²) in [5.41, 5.74) is 2.33. The molecule has 1 N–H and O–H groups in total. The first-order valence-corrected chi connectivity index (χ1v) is 8.50. The molecule has 1 aliphatic heterocycles. The first-order chi connectivity index (χ1) is 12.1. The van der Waals surface area contributed by atoms with Crippen LogP contribution in [0.1, 0.15) is 27.9 Å². The molecule has 3 heterocycles. The third kappa shape index (κ3) is 3.93. The summed E-state index contributed by atoms with van der Waals surface area (Å²) in [5, 5.41) is 4.36. The Hall–Kier alpha value is -2.15. The second-order valence-corrected chi connectivity index (χ2v) is 6.44. The van der Waals surface area contributed by atoms with Gasteiger partial charge in [-0.2, -0.15) is 0 Å². The fourth-order valence-electron chi connectivity index (χ4n) is 3.45. The zero-order valence-corrected chi connectivity index (χ0v) is 16.9. The highest BCUT2D eigenvalue weighted by Crippen LogP contribution is 2.25. The van der Waals surface area contributed by atoms with E-state index < -0.39 is 0 Å². The number of carbonyl (C=O) groups is 1. The van der Waals surface area contributed by atoms with E-state index in [-0.39, 0.29) is 36.8 Å². The van der Waals surface area contributed by atoms with Gasteiger partial charge in [-0.3, -0.25) is 9.78 Å². The third-order valence-corrected chi connectivity index (χ3v) is 4.75. The van der Waals surface area contributed by atoms with Gasteiger partial charge in [0.05, 0.1) is 11.1 Å². The van der Waals surface area contributed by atoms with Gasteiger partial charge in [-0.05, 0) is 19.1 Å². The van der Waals surface area contributed by atoms with E-state index in [9.17, 15) is 4.79 Å². The van der Waals surface area contributed by atoms with E-state index in [0.29, 0.717) is 18.7 Å². The molecule has 3 aromatic rings. The number of nitrogens with zero attached hydrogens (tertiary/aromatic N) is 4. The second-order valence-electron chi connectivity index (χ2n) is 6.44. The number of hydrogen-bond donors (Lipinski definition) is 1. The van der Waals surface area contributed by atoms with E-state index in [4.69, 9.17) is 0 Å². The monoisotopic (exact) mass is 407 g/mol. The van der Waals surface area contributed by atoms with Gasteiger partial charge in [-0.25, -0.2) is 4.98 Å². The number of carbonyl (C=O) groups excluding carboxylic acids is 1. The van der Waals surface area contributed by atoms with Gasteiger partial charge in [0.15, 0.2) is 0 Å². The number of halogens is 2. The highest BCUT2D eigenvalue weighted by molar-refractivity contribution is 6.05. The molecular weight excluding hydrogens is 385 g/mol. The van der Waals surface area contributed by atoms with Crippen LogP contribution in [0.3, 0.4) is 0 Å². The molecule has 2 aromatic heterocycles. The van der Waals surface area contributed by atoms with Gasteiger partial charge in [0, 0.05) is 50.2 Å². The molecule has 0 aliphatic carbocycles. The van der Waals surface area contributed by atoms with Crippen LogP contribution in [0.4, 0.5) is 0 Å². The van der Waals surface area contributed by atoms with Crippen molar-refractivity contribution in [2.24, 2.45) is 7.05 Å². The first-order valence-electron chi connectivity index (χ1n) is 8.50. The maximum Gasteiger partial charge on any atom is 0.256 e. The maximum absolute atomic E-state index is 13.4. The quantitative estimate of drug-likeness (QED) is 0.709. The second kappa shape index (κ2) is 8.69. The third-order valence-electron chi connectivity index (χ3n) is 4.75. The minimum Gasteiger partial charge on any atom is -0.336 e. The average Bonchev–Trinajstić information content (AvgIpc) is 3.06. The topological polar surface area (TPSA) is 63.1 Å². The van der Waals surface area contributed by atoms with Crippen LogP contribution in [-0.4, -0.2) is 45.0 Å². The number of piperazine rings is 1. The Kier molecular flexibility index (Phi) is 6.81. The summed E-state index contributed by atoms with van der Waals surface area (Å²) < 4.78 is 1.98. The smallest absolute Gasteiger partial charge is 0.256 e. The zero-order chi connectivity index (χ0) is 17.4. The zero-order valence-electron chi connectivity index (χ0n) is 15.3. The Labute approximate surface area is 170 Å².